The predicted molar refractivity (Wildman–Crippen MR) is 80.1 cm³/mol. The first-order valence-corrected chi connectivity index (χ1v) is 7.58. The Bertz CT molecular complexity index is 499. The van der Waals surface area contributed by atoms with E-state index < -0.39 is 5.97 Å². The first-order chi connectivity index (χ1) is 9.58. The second-order valence-corrected chi connectivity index (χ2v) is 6.17. The predicted octanol–water partition coefficient (Wildman–Crippen LogP) is 2.29. The van der Waals surface area contributed by atoms with Gasteiger partial charge in [0.1, 0.15) is 4.32 Å². The molecule has 5 nitrogen and oxygen atoms in total. The first kappa shape index (κ1) is 15.1. The van der Waals surface area contributed by atoms with Gasteiger partial charge in [-0.05, 0) is 30.9 Å². The summed E-state index contributed by atoms with van der Waals surface area (Å²) in [5, 5.41) is 8.61. The molecular formula is C13H15NO4S2. The van der Waals surface area contributed by atoms with Crippen molar-refractivity contribution >= 4 is 40.2 Å². The van der Waals surface area contributed by atoms with Crippen molar-refractivity contribution in [3.05, 3.63) is 22.8 Å². The monoisotopic (exact) mass is 313 g/mol. The normalized spacial score (nSPS) is 21.1. The summed E-state index contributed by atoms with van der Waals surface area (Å²) in [5.74, 6) is -1.01. The van der Waals surface area contributed by atoms with Crippen LogP contribution in [0, 0.1) is 0 Å². The molecule has 0 radical (unpaired) electrons. The summed E-state index contributed by atoms with van der Waals surface area (Å²) >= 11 is 6.43. The van der Waals surface area contributed by atoms with Crippen molar-refractivity contribution in [2.24, 2.45) is 0 Å². The third-order valence-corrected chi connectivity index (χ3v) is 4.30. The Morgan fingerprint density at radius 1 is 1.60 bits per heavy atom. The van der Waals surface area contributed by atoms with Gasteiger partial charge in [0.15, 0.2) is 0 Å². The third kappa shape index (κ3) is 3.83. The standard InChI is InChI=1S/C13H15NO4S2/c15-11(16)4-1-5-14-12(17)10(20-13(14)19)7-9-3-2-6-18-8-9/h7-8H,1-6H2,(H,15,16)/b10-7-. The lowest BCUT2D eigenvalue weighted by atomic mass is 10.1. The van der Waals surface area contributed by atoms with Gasteiger partial charge in [0.25, 0.3) is 5.91 Å². The second kappa shape index (κ2) is 6.90. The smallest absolute Gasteiger partial charge is 0.303 e. The van der Waals surface area contributed by atoms with Crippen LogP contribution in [0.2, 0.25) is 0 Å². The molecule has 0 aliphatic carbocycles. The van der Waals surface area contributed by atoms with Gasteiger partial charge >= 0.3 is 5.97 Å². The second-order valence-electron chi connectivity index (χ2n) is 4.50. The molecule has 0 saturated carbocycles. The number of hydrogen-bond acceptors (Lipinski definition) is 5. The average Bonchev–Trinajstić information content (AvgIpc) is 2.67. The highest BCUT2D eigenvalue weighted by atomic mass is 32.2. The van der Waals surface area contributed by atoms with Gasteiger partial charge in [-0.2, -0.15) is 0 Å². The van der Waals surface area contributed by atoms with Crippen LogP contribution in [0.3, 0.4) is 0 Å². The summed E-state index contributed by atoms with van der Waals surface area (Å²) in [6.07, 6.45) is 5.77. The molecule has 0 aromatic heterocycles. The Balaban J connectivity index is 1.99. The maximum atomic E-state index is 12.2. The number of carbonyl (C=O) groups excluding carboxylic acids is 1. The minimum absolute atomic E-state index is 0.0368. The number of allylic oxidation sites excluding steroid dienone is 2. The van der Waals surface area contributed by atoms with Crippen LogP contribution in [0.1, 0.15) is 25.7 Å². The molecule has 20 heavy (non-hydrogen) atoms. The van der Waals surface area contributed by atoms with Crippen molar-refractivity contribution in [2.45, 2.75) is 25.7 Å². The zero-order valence-electron chi connectivity index (χ0n) is 10.8. The van der Waals surface area contributed by atoms with Crippen molar-refractivity contribution in [1.82, 2.24) is 4.90 Å². The molecule has 1 fully saturated rings. The van der Waals surface area contributed by atoms with Crippen LogP contribution in [0.25, 0.3) is 0 Å². The van der Waals surface area contributed by atoms with Crippen LogP contribution in [0.5, 0.6) is 0 Å². The zero-order chi connectivity index (χ0) is 14.5. The highest BCUT2D eigenvalue weighted by Crippen LogP contribution is 2.32. The van der Waals surface area contributed by atoms with E-state index in [-0.39, 0.29) is 12.3 Å². The minimum atomic E-state index is -0.865. The van der Waals surface area contributed by atoms with Crippen molar-refractivity contribution < 1.29 is 19.4 Å². The van der Waals surface area contributed by atoms with Crippen LogP contribution in [-0.2, 0) is 14.3 Å². The molecule has 0 aromatic rings. The van der Waals surface area contributed by atoms with Gasteiger partial charge in [-0.15, -0.1) is 0 Å². The molecule has 0 bridgehead atoms. The Labute approximate surface area is 126 Å². The zero-order valence-corrected chi connectivity index (χ0v) is 12.5. The maximum Gasteiger partial charge on any atom is 0.303 e. The number of carbonyl (C=O) groups is 2. The number of ether oxygens (including phenoxy) is 1. The molecule has 2 aliphatic rings. The number of thiocarbonyl (C=S) groups is 1. The third-order valence-electron chi connectivity index (χ3n) is 2.92. The van der Waals surface area contributed by atoms with Crippen molar-refractivity contribution in [2.75, 3.05) is 13.2 Å². The number of thioether (sulfide) groups is 1. The lowest BCUT2D eigenvalue weighted by molar-refractivity contribution is -0.137. The summed E-state index contributed by atoms with van der Waals surface area (Å²) in [6.45, 7) is 1.07. The molecule has 108 valence electrons. The van der Waals surface area contributed by atoms with E-state index in [4.69, 9.17) is 22.1 Å². The summed E-state index contributed by atoms with van der Waals surface area (Å²) in [5.41, 5.74) is 0.988. The highest BCUT2D eigenvalue weighted by Gasteiger charge is 2.31. The quantitative estimate of drug-likeness (QED) is 0.620. The fourth-order valence-electron chi connectivity index (χ4n) is 1.94. The summed E-state index contributed by atoms with van der Waals surface area (Å²) < 4.78 is 5.72. The number of nitrogens with zero attached hydrogens (tertiary/aromatic N) is 1. The molecule has 2 heterocycles. The van der Waals surface area contributed by atoms with Gasteiger partial charge in [-0.3, -0.25) is 14.5 Å². The summed E-state index contributed by atoms with van der Waals surface area (Å²) in [7, 11) is 0. The molecule has 0 spiro atoms. The molecule has 1 amide bonds. The van der Waals surface area contributed by atoms with Crippen molar-refractivity contribution in [3.8, 4) is 0 Å². The average molecular weight is 313 g/mol. The first-order valence-electron chi connectivity index (χ1n) is 6.36. The largest absolute Gasteiger partial charge is 0.501 e. The van der Waals surface area contributed by atoms with E-state index in [2.05, 4.69) is 0 Å². The molecule has 2 aliphatic heterocycles. The number of amides is 1. The van der Waals surface area contributed by atoms with Gasteiger partial charge < -0.3 is 9.84 Å². The van der Waals surface area contributed by atoms with Crippen molar-refractivity contribution in [3.63, 3.8) is 0 Å². The molecule has 2 rings (SSSR count). The van der Waals surface area contributed by atoms with E-state index in [1.165, 1.54) is 16.7 Å². The van der Waals surface area contributed by atoms with E-state index in [0.29, 0.717) is 28.8 Å². The summed E-state index contributed by atoms with van der Waals surface area (Å²) in [4.78, 5) is 24.7. The van der Waals surface area contributed by atoms with Gasteiger partial charge in [0.05, 0.1) is 17.8 Å². The number of hydrogen-bond donors (Lipinski definition) is 1. The Kier molecular flexibility index (Phi) is 5.19. The van der Waals surface area contributed by atoms with Gasteiger partial charge in [0.2, 0.25) is 0 Å². The van der Waals surface area contributed by atoms with Crippen LogP contribution in [0.4, 0.5) is 0 Å². The van der Waals surface area contributed by atoms with E-state index in [9.17, 15) is 9.59 Å². The lowest BCUT2D eigenvalue weighted by Gasteiger charge is -2.13. The number of rotatable bonds is 5. The molecule has 7 heteroatoms. The van der Waals surface area contributed by atoms with Gasteiger partial charge in [-0.25, -0.2) is 0 Å². The fourth-order valence-corrected chi connectivity index (χ4v) is 3.26. The van der Waals surface area contributed by atoms with E-state index in [1.807, 2.05) is 6.08 Å². The number of aliphatic carboxylic acids is 1. The Morgan fingerprint density at radius 2 is 2.40 bits per heavy atom. The summed E-state index contributed by atoms with van der Waals surface area (Å²) in [6, 6.07) is 0. The molecule has 0 atom stereocenters. The Morgan fingerprint density at radius 3 is 3.05 bits per heavy atom. The molecule has 1 N–H and O–H groups in total. The molecular weight excluding hydrogens is 298 g/mol. The lowest BCUT2D eigenvalue weighted by Crippen LogP contribution is -2.29. The minimum Gasteiger partial charge on any atom is -0.501 e. The molecule has 0 aromatic carbocycles. The van der Waals surface area contributed by atoms with E-state index in [1.54, 1.807) is 6.26 Å². The topological polar surface area (TPSA) is 66.8 Å². The highest BCUT2D eigenvalue weighted by molar-refractivity contribution is 8.26. The maximum absolute atomic E-state index is 12.2. The van der Waals surface area contributed by atoms with Gasteiger partial charge in [0, 0.05) is 13.0 Å². The van der Waals surface area contributed by atoms with Crippen LogP contribution < -0.4 is 0 Å². The fraction of sp³-hybridized carbons (Fsp3) is 0.462. The number of carboxylic acids is 1. The SMILES string of the molecule is O=C(O)CCCN1C(=O)/C(=C/C2=COCCC2)SC1=S. The van der Waals surface area contributed by atoms with E-state index >= 15 is 0 Å². The molecule has 1 saturated heterocycles. The molecule has 0 unspecified atom stereocenters. The van der Waals surface area contributed by atoms with Crippen LogP contribution in [0.15, 0.2) is 22.8 Å². The Hall–Kier alpha value is -1.34. The van der Waals surface area contributed by atoms with Crippen molar-refractivity contribution in [1.29, 1.82) is 0 Å². The van der Waals surface area contributed by atoms with Crippen LogP contribution >= 0.6 is 24.0 Å². The van der Waals surface area contributed by atoms with E-state index in [0.717, 1.165) is 18.4 Å². The number of carboxylic acid groups (broad SMARTS) is 1. The van der Waals surface area contributed by atoms with Crippen LogP contribution in [-0.4, -0.2) is 39.4 Å². The van der Waals surface area contributed by atoms with Gasteiger partial charge in [-0.1, -0.05) is 24.0 Å².